The molecule has 2 aromatic rings. The lowest BCUT2D eigenvalue weighted by Gasteiger charge is -2.16. The van der Waals surface area contributed by atoms with Crippen molar-refractivity contribution < 1.29 is 18.8 Å². The third kappa shape index (κ3) is 5.61. The van der Waals surface area contributed by atoms with Gasteiger partial charge in [0.1, 0.15) is 17.6 Å². The Morgan fingerprint density at radius 2 is 2.00 bits per heavy atom. The molecule has 0 fully saturated rings. The van der Waals surface area contributed by atoms with Crippen molar-refractivity contribution in [3.05, 3.63) is 41.7 Å². The summed E-state index contributed by atoms with van der Waals surface area (Å²) in [5, 5.41) is 6.33. The Labute approximate surface area is 145 Å². The lowest BCUT2D eigenvalue weighted by molar-refractivity contribution is -0.122. The average molecular weight is 346 g/mol. The molecule has 0 spiro atoms. The molecule has 0 bridgehead atoms. The number of nitrogens with zero attached hydrogens (tertiary/aromatic N) is 1. The van der Waals surface area contributed by atoms with E-state index in [2.05, 4.69) is 21.3 Å². The van der Waals surface area contributed by atoms with Crippen LogP contribution in [0.5, 0.6) is 5.75 Å². The van der Waals surface area contributed by atoms with E-state index < -0.39 is 6.04 Å². The third-order valence-corrected chi connectivity index (χ3v) is 3.51. The summed E-state index contributed by atoms with van der Waals surface area (Å²) in [5.41, 5.74) is 6.15. The normalized spacial score (nSPS) is 11.6. The second kappa shape index (κ2) is 8.84. The van der Waals surface area contributed by atoms with Gasteiger partial charge in [-0.25, -0.2) is 5.43 Å². The molecule has 3 N–H and O–H groups in total. The van der Waals surface area contributed by atoms with Crippen molar-refractivity contribution in [1.29, 1.82) is 0 Å². The molecule has 1 aromatic heterocycles. The minimum Gasteiger partial charge on any atom is -0.497 e. The number of hydrogen-bond acceptors (Lipinski definition) is 6. The van der Waals surface area contributed by atoms with Crippen LogP contribution in [0.2, 0.25) is 0 Å². The second-order valence-corrected chi connectivity index (χ2v) is 5.49. The summed E-state index contributed by atoms with van der Waals surface area (Å²) in [5.74, 6) is 1.12. The highest BCUT2D eigenvalue weighted by atomic mass is 16.5. The Morgan fingerprint density at radius 1 is 1.28 bits per heavy atom. The molecule has 2 amide bonds. The summed E-state index contributed by atoms with van der Waals surface area (Å²) in [4.78, 5) is 24.2. The van der Waals surface area contributed by atoms with Gasteiger partial charge in [0, 0.05) is 6.07 Å². The maximum atomic E-state index is 12.2. The minimum absolute atomic E-state index is 0.192. The van der Waals surface area contributed by atoms with Crippen LogP contribution in [0.15, 0.2) is 34.9 Å². The zero-order chi connectivity index (χ0) is 18.2. The number of amides is 2. The van der Waals surface area contributed by atoms with Gasteiger partial charge in [0.15, 0.2) is 5.82 Å². The number of nitrogens with one attached hydrogen (secondary N) is 3. The number of aromatic nitrogens is 1. The molecular weight excluding hydrogens is 324 g/mol. The first-order chi connectivity index (χ1) is 12.0. The van der Waals surface area contributed by atoms with Crippen molar-refractivity contribution in [3.63, 3.8) is 0 Å². The van der Waals surface area contributed by atoms with E-state index in [4.69, 9.17) is 9.26 Å². The number of carbonyl (C=O) groups excluding carboxylic acids is 2. The van der Waals surface area contributed by atoms with Gasteiger partial charge in [-0.3, -0.25) is 15.0 Å². The standard InChI is InChI=1S/C17H22N4O4/c1-4-14(17(23)18-15-9-11(2)25-21-15)19-20-16(22)10-12-5-7-13(24-3)8-6-12/h5-9,14,19H,4,10H2,1-3H3,(H,20,22)(H,18,21,23). The number of ether oxygens (including phenoxy) is 1. The first kappa shape index (κ1) is 18.5. The van der Waals surface area contributed by atoms with Crippen LogP contribution < -0.4 is 20.9 Å². The van der Waals surface area contributed by atoms with Crippen LogP contribution in [0.4, 0.5) is 5.82 Å². The summed E-state index contributed by atoms with van der Waals surface area (Å²) < 4.78 is 9.97. The van der Waals surface area contributed by atoms with Crippen LogP contribution in [0, 0.1) is 6.92 Å². The van der Waals surface area contributed by atoms with E-state index >= 15 is 0 Å². The number of hydrogen-bond donors (Lipinski definition) is 3. The molecule has 0 aliphatic heterocycles. The van der Waals surface area contributed by atoms with E-state index in [9.17, 15) is 9.59 Å². The molecule has 1 aromatic carbocycles. The van der Waals surface area contributed by atoms with Gasteiger partial charge in [-0.15, -0.1) is 0 Å². The Bertz CT molecular complexity index is 712. The highest BCUT2D eigenvalue weighted by Crippen LogP contribution is 2.11. The Hall–Kier alpha value is -2.87. The third-order valence-electron chi connectivity index (χ3n) is 3.51. The number of benzene rings is 1. The highest BCUT2D eigenvalue weighted by Gasteiger charge is 2.18. The topological polar surface area (TPSA) is 105 Å². The number of aryl methyl sites for hydroxylation is 1. The predicted molar refractivity (Wildman–Crippen MR) is 91.9 cm³/mol. The second-order valence-electron chi connectivity index (χ2n) is 5.49. The largest absolute Gasteiger partial charge is 0.497 e. The fraction of sp³-hybridized carbons (Fsp3) is 0.353. The van der Waals surface area contributed by atoms with Gasteiger partial charge in [-0.1, -0.05) is 24.2 Å². The van der Waals surface area contributed by atoms with Gasteiger partial charge in [0.05, 0.1) is 13.5 Å². The smallest absolute Gasteiger partial charge is 0.244 e. The number of carbonyl (C=O) groups is 2. The molecule has 0 saturated carbocycles. The van der Waals surface area contributed by atoms with Crippen molar-refractivity contribution >= 4 is 17.6 Å². The van der Waals surface area contributed by atoms with Crippen LogP contribution >= 0.6 is 0 Å². The SMILES string of the molecule is CCC(NNC(=O)Cc1ccc(OC)cc1)C(=O)Nc1cc(C)on1. The van der Waals surface area contributed by atoms with Crippen molar-refractivity contribution in [2.75, 3.05) is 12.4 Å². The monoisotopic (exact) mass is 346 g/mol. The van der Waals surface area contributed by atoms with Crippen molar-refractivity contribution in [2.24, 2.45) is 0 Å². The minimum atomic E-state index is -0.586. The lowest BCUT2D eigenvalue weighted by atomic mass is 10.1. The molecule has 1 unspecified atom stereocenters. The fourth-order valence-corrected chi connectivity index (χ4v) is 2.13. The predicted octanol–water partition coefficient (Wildman–Crippen LogP) is 1.57. The number of hydrazine groups is 1. The van der Waals surface area contributed by atoms with Gasteiger partial charge < -0.3 is 14.6 Å². The zero-order valence-electron chi connectivity index (χ0n) is 14.5. The number of rotatable bonds is 8. The maximum absolute atomic E-state index is 12.2. The van der Waals surface area contributed by atoms with E-state index in [0.717, 1.165) is 11.3 Å². The fourth-order valence-electron chi connectivity index (χ4n) is 2.13. The molecule has 2 rings (SSSR count). The lowest BCUT2D eigenvalue weighted by Crippen LogP contribution is -2.50. The van der Waals surface area contributed by atoms with Gasteiger partial charge in [0.25, 0.3) is 0 Å². The summed E-state index contributed by atoms with van der Waals surface area (Å²) in [7, 11) is 1.59. The molecule has 0 saturated heterocycles. The molecule has 8 heteroatoms. The van der Waals surface area contributed by atoms with E-state index in [-0.39, 0.29) is 18.2 Å². The molecule has 8 nitrogen and oxygen atoms in total. The molecule has 0 aliphatic rings. The first-order valence-electron chi connectivity index (χ1n) is 7.93. The Kier molecular flexibility index (Phi) is 6.53. The quantitative estimate of drug-likeness (QED) is 0.627. The van der Waals surface area contributed by atoms with Crippen LogP contribution in [-0.2, 0) is 16.0 Å². The van der Waals surface area contributed by atoms with E-state index in [1.165, 1.54) is 0 Å². The van der Waals surface area contributed by atoms with Gasteiger partial charge in [0.2, 0.25) is 11.8 Å². The molecule has 1 heterocycles. The zero-order valence-corrected chi connectivity index (χ0v) is 14.5. The van der Waals surface area contributed by atoms with Gasteiger partial charge in [-0.2, -0.15) is 0 Å². The summed E-state index contributed by atoms with van der Waals surface area (Å²) in [6, 6.07) is 8.24. The van der Waals surface area contributed by atoms with E-state index in [1.54, 1.807) is 32.2 Å². The maximum Gasteiger partial charge on any atom is 0.244 e. The van der Waals surface area contributed by atoms with Gasteiger partial charge >= 0.3 is 0 Å². The molecule has 25 heavy (non-hydrogen) atoms. The molecule has 134 valence electrons. The number of methoxy groups -OCH3 is 1. The van der Waals surface area contributed by atoms with Crippen molar-refractivity contribution in [3.8, 4) is 5.75 Å². The van der Waals surface area contributed by atoms with E-state index in [0.29, 0.717) is 18.0 Å². The highest BCUT2D eigenvalue weighted by molar-refractivity contribution is 5.94. The molecule has 0 radical (unpaired) electrons. The molecule has 1 atom stereocenters. The van der Waals surface area contributed by atoms with Crippen LogP contribution in [0.3, 0.4) is 0 Å². The molecular formula is C17H22N4O4. The Balaban J connectivity index is 1.82. The van der Waals surface area contributed by atoms with Crippen LogP contribution in [-0.4, -0.2) is 30.1 Å². The number of anilines is 1. The summed E-state index contributed by atoms with van der Waals surface area (Å²) in [6.45, 7) is 3.57. The average Bonchev–Trinajstić information content (AvgIpc) is 3.01. The van der Waals surface area contributed by atoms with Crippen molar-refractivity contribution in [1.82, 2.24) is 16.0 Å². The Morgan fingerprint density at radius 3 is 2.56 bits per heavy atom. The van der Waals surface area contributed by atoms with Crippen LogP contribution in [0.1, 0.15) is 24.7 Å². The van der Waals surface area contributed by atoms with E-state index in [1.807, 2.05) is 19.1 Å². The first-order valence-corrected chi connectivity index (χ1v) is 7.93. The summed E-state index contributed by atoms with van der Waals surface area (Å²) in [6.07, 6.45) is 0.684. The molecule has 0 aliphatic carbocycles. The van der Waals surface area contributed by atoms with Gasteiger partial charge in [-0.05, 0) is 31.0 Å². The summed E-state index contributed by atoms with van der Waals surface area (Å²) >= 11 is 0. The van der Waals surface area contributed by atoms with Crippen molar-refractivity contribution in [2.45, 2.75) is 32.7 Å². The van der Waals surface area contributed by atoms with Crippen LogP contribution in [0.25, 0.3) is 0 Å².